The summed E-state index contributed by atoms with van der Waals surface area (Å²) in [5.74, 6) is -0.362. The first kappa shape index (κ1) is 22.0. The van der Waals surface area contributed by atoms with Gasteiger partial charge in [-0.05, 0) is 65.8 Å². The first-order chi connectivity index (χ1) is 9.58. The molecule has 0 unspecified atom stereocenters. The van der Waals surface area contributed by atoms with Crippen LogP contribution < -0.4 is 0 Å². The maximum Gasteiger partial charge on any atom is 0.386 e. The Hall–Kier alpha value is -0.0425. The van der Waals surface area contributed by atoms with Gasteiger partial charge in [0.15, 0.2) is 8.32 Å². The first-order valence-corrected chi connectivity index (χ1v) is 19.4. The Morgan fingerprint density at radius 1 is 0.727 bits per heavy atom. The van der Waals surface area contributed by atoms with Crippen molar-refractivity contribution in [1.82, 2.24) is 0 Å². The van der Waals surface area contributed by atoms with Crippen molar-refractivity contribution in [2.75, 3.05) is 0 Å². The normalized spacial score (nSPS) is 14.5. The smallest absolute Gasteiger partial charge is 0.386 e. The lowest BCUT2D eigenvalue weighted by Gasteiger charge is -2.39. The van der Waals surface area contributed by atoms with E-state index in [-0.39, 0.29) is 5.97 Å². The van der Waals surface area contributed by atoms with Crippen molar-refractivity contribution >= 4 is 40.0 Å². The predicted molar refractivity (Wildman–Crippen MR) is 100.0 cm³/mol. The van der Waals surface area contributed by atoms with Gasteiger partial charge in [0, 0.05) is 6.08 Å². The summed E-state index contributed by atoms with van der Waals surface area (Å²) in [7, 11) is -8.96. The SMILES string of the molecule is C/C=C/C(=O)O[Si](C)(C)O[Si](C)(C)O[Si](C)(C)O[Si](C)(C)C. The molecule has 0 heterocycles. The highest BCUT2D eigenvalue weighted by Gasteiger charge is 2.44. The summed E-state index contributed by atoms with van der Waals surface area (Å²) in [6.07, 6.45) is 3.06. The van der Waals surface area contributed by atoms with Crippen molar-refractivity contribution in [3.63, 3.8) is 0 Å². The summed E-state index contributed by atoms with van der Waals surface area (Å²) < 4.78 is 24.1. The molecule has 0 spiro atoms. The molecule has 0 aliphatic rings. The van der Waals surface area contributed by atoms with E-state index in [4.69, 9.17) is 16.8 Å². The monoisotopic (exact) mass is 380 g/mol. The average Bonchev–Trinajstić information content (AvgIpc) is 2.06. The Labute approximate surface area is 139 Å². The van der Waals surface area contributed by atoms with Crippen LogP contribution in [0.3, 0.4) is 0 Å². The van der Waals surface area contributed by atoms with Crippen LogP contribution in [0.2, 0.25) is 58.9 Å². The third-order valence-corrected chi connectivity index (χ3v) is 15.2. The van der Waals surface area contributed by atoms with Gasteiger partial charge in [-0.15, -0.1) is 0 Å². The first-order valence-electron chi connectivity index (χ1n) is 7.54. The molecule has 0 radical (unpaired) electrons. The Morgan fingerprint density at radius 2 is 1.14 bits per heavy atom. The molecule has 0 aromatic heterocycles. The van der Waals surface area contributed by atoms with Crippen LogP contribution in [-0.4, -0.2) is 40.0 Å². The van der Waals surface area contributed by atoms with Gasteiger partial charge in [0.05, 0.1) is 0 Å². The van der Waals surface area contributed by atoms with E-state index in [0.29, 0.717) is 0 Å². The van der Waals surface area contributed by atoms with Gasteiger partial charge in [-0.1, -0.05) is 6.08 Å². The third kappa shape index (κ3) is 10.6. The fourth-order valence-electron chi connectivity index (χ4n) is 2.40. The van der Waals surface area contributed by atoms with E-state index in [1.807, 2.05) is 39.3 Å². The second-order valence-corrected chi connectivity index (χ2v) is 22.8. The molecule has 0 aromatic carbocycles. The van der Waals surface area contributed by atoms with Gasteiger partial charge in [0.1, 0.15) is 0 Å². The highest BCUT2D eigenvalue weighted by molar-refractivity contribution is 6.88. The Morgan fingerprint density at radius 3 is 1.55 bits per heavy atom. The van der Waals surface area contributed by atoms with Crippen LogP contribution in [0.25, 0.3) is 0 Å². The molecular weight excluding hydrogens is 348 g/mol. The van der Waals surface area contributed by atoms with Gasteiger partial charge in [0.25, 0.3) is 0 Å². The maximum absolute atomic E-state index is 11.6. The van der Waals surface area contributed by atoms with Crippen molar-refractivity contribution in [2.24, 2.45) is 0 Å². The molecule has 0 rings (SSSR count). The summed E-state index contributed by atoms with van der Waals surface area (Å²) in [5.41, 5.74) is 0. The zero-order valence-corrected chi connectivity index (χ0v) is 19.7. The van der Waals surface area contributed by atoms with Crippen molar-refractivity contribution in [1.29, 1.82) is 0 Å². The molecule has 0 N–H and O–H groups in total. The number of hydrogen-bond donors (Lipinski definition) is 0. The highest BCUT2D eigenvalue weighted by atomic mass is 28.5. The van der Waals surface area contributed by atoms with Gasteiger partial charge in [-0.25, -0.2) is 4.79 Å². The predicted octanol–water partition coefficient (Wildman–Crippen LogP) is 4.10. The van der Waals surface area contributed by atoms with Crippen molar-refractivity contribution in [3.05, 3.63) is 12.2 Å². The molecular formula is C13H32O5Si4. The van der Waals surface area contributed by atoms with Gasteiger partial charge >= 0.3 is 31.7 Å². The van der Waals surface area contributed by atoms with E-state index in [9.17, 15) is 4.79 Å². The third-order valence-electron chi connectivity index (χ3n) is 2.18. The van der Waals surface area contributed by atoms with Crippen LogP contribution in [0.15, 0.2) is 12.2 Å². The van der Waals surface area contributed by atoms with E-state index in [1.54, 1.807) is 13.0 Å². The zero-order valence-electron chi connectivity index (χ0n) is 15.7. The zero-order chi connectivity index (χ0) is 17.8. The quantitative estimate of drug-likeness (QED) is 0.469. The van der Waals surface area contributed by atoms with Gasteiger partial charge in [0.2, 0.25) is 0 Å². The van der Waals surface area contributed by atoms with Crippen LogP contribution in [0.4, 0.5) is 0 Å². The Bertz CT molecular complexity index is 413. The molecule has 0 bridgehead atoms. The second kappa shape index (κ2) is 7.69. The van der Waals surface area contributed by atoms with Crippen LogP contribution in [-0.2, 0) is 21.6 Å². The number of carbonyl (C=O) groups is 1. The minimum atomic E-state index is -2.58. The molecule has 130 valence electrons. The molecule has 0 aromatic rings. The van der Waals surface area contributed by atoms with Crippen LogP contribution >= 0.6 is 0 Å². The molecule has 0 saturated heterocycles. The summed E-state index contributed by atoms with van der Waals surface area (Å²) >= 11 is 0. The lowest BCUT2D eigenvalue weighted by Crippen LogP contribution is -2.56. The van der Waals surface area contributed by atoms with Crippen LogP contribution in [0.5, 0.6) is 0 Å². The van der Waals surface area contributed by atoms with E-state index in [2.05, 4.69) is 19.6 Å². The molecule has 5 nitrogen and oxygen atoms in total. The summed E-state index contributed by atoms with van der Waals surface area (Å²) in [5, 5.41) is 0. The fraction of sp³-hybridized carbons (Fsp3) is 0.769. The van der Waals surface area contributed by atoms with E-state index >= 15 is 0 Å². The van der Waals surface area contributed by atoms with Gasteiger partial charge < -0.3 is 16.8 Å². The van der Waals surface area contributed by atoms with E-state index < -0.39 is 34.0 Å². The Kier molecular flexibility index (Phi) is 7.67. The number of carbonyl (C=O) groups excluding carboxylic acids is 1. The lowest BCUT2D eigenvalue weighted by molar-refractivity contribution is -0.130. The van der Waals surface area contributed by atoms with Crippen molar-refractivity contribution in [3.8, 4) is 0 Å². The highest BCUT2D eigenvalue weighted by Crippen LogP contribution is 2.24. The minimum Gasteiger partial charge on any atom is -0.492 e. The molecule has 0 fully saturated rings. The lowest BCUT2D eigenvalue weighted by atomic mass is 10.5. The summed E-state index contributed by atoms with van der Waals surface area (Å²) in [4.78, 5) is 11.6. The van der Waals surface area contributed by atoms with E-state index in [1.165, 1.54) is 6.08 Å². The average molecular weight is 381 g/mol. The summed E-state index contributed by atoms with van der Waals surface area (Å²) in [6, 6.07) is 0. The fourth-order valence-corrected chi connectivity index (χ4v) is 19.6. The van der Waals surface area contributed by atoms with Gasteiger partial charge in [-0.2, -0.15) is 0 Å². The molecule has 22 heavy (non-hydrogen) atoms. The number of hydrogen-bond acceptors (Lipinski definition) is 5. The number of rotatable bonds is 8. The summed E-state index contributed by atoms with van der Waals surface area (Å²) in [6.45, 7) is 20.0. The molecule has 9 heteroatoms. The Balaban J connectivity index is 4.84. The molecule has 0 atom stereocenters. The topological polar surface area (TPSA) is 54.0 Å². The van der Waals surface area contributed by atoms with Crippen LogP contribution in [0, 0.1) is 0 Å². The second-order valence-electron chi connectivity index (χ2n) is 7.54. The van der Waals surface area contributed by atoms with Crippen molar-refractivity contribution in [2.45, 2.75) is 65.8 Å². The standard InChI is InChI=1S/C13H32O5Si4/c1-11-12-13(14)15-20(5,6)17-22(9,10)18-21(7,8)16-19(2,3)4/h11-12H,1-10H3/b12-11+. The number of allylic oxidation sites excluding steroid dienone is 1. The minimum absolute atomic E-state index is 0.362. The molecule has 0 amide bonds. The largest absolute Gasteiger partial charge is 0.492 e. The van der Waals surface area contributed by atoms with Gasteiger partial charge in [-0.3, -0.25) is 0 Å². The van der Waals surface area contributed by atoms with Crippen LogP contribution in [0.1, 0.15) is 6.92 Å². The molecule has 0 aliphatic heterocycles. The molecule has 0 saturated carbocycles. The van der Waals surface area contributed by atoms with Crippen molar-refractivity contribution < 1.29 is 21.6 Å². The maximum atomic E-state index is 11.6. The molecule has 0 aliphatic carbocycles. The van der Waals surface area contributed by atoms with E-state index in [0.717, 1.165) is 0 Å².